The Balaban J connectivity index is 0.00000280. The van der Waals surface area contributed by atoms with E-state index in [0.717, 1.165) is 31.3 Å². The van der Waals surface area contributed by atoms with Crippen LogP contribution in [0.5, 0.6) is 0 Å². The topological polar surface area (TPSA) is 54.2 Å². The SMILES string of the molecule is CN=C(NCCSc1ccccc1)NCc1cccc(Cn2ccnc2)c1.I. The van der Waals surface area contributed by atoms with E-state index in [1.807, 2.05) is 30.4 Å². The van der Waals surface area contributed by atoms with Crippen molar-refractivity contribution in [1.82, 2.24) is 20.2 Å². The number of halogens is 1. The van der Waals surface area contributed by atoms with Gasteiger partial charge in [-0.25, -0.2) is 4.98 Å². The molecule has 0 saturated carbocycles. The Morgan fingerprint density at radius 3 is 2.64 bits per heavy atom. The van der Waals surface area contributed by atoms with E-state index in [0.29, 0.717) is 0 Å². The number of aromatic nitrogens is 2. The molecular formula is C21H26IN5S. The Hall–Kier alpha value is -2.00. The Kier molecular flexibility index (Phi) is 9.92. The number of guanidine groups is 1. The summed E-state index contributed by atoms with van der Waals surface area (Å²) in [6.07, 6.45) is 5.62. The molecule has 2 N–H and O–H groups in total. The lowest BCUT2D eigenvalue weighted by Gasteiger charge is -2.12. The fourth-order valence-corrected chi connectivity index (χ4v) is 3.48. The zero-order chi connectivity index (χ0) is 18.7. The first kappa shape index (κ1) is 22.3. The van der Waals surface area contributed by atoms with Gasteiger partial charge in [0.2, 0.25) is 0 Å². The molecule has 0 unspecified atom stereocenters. The van der Waals surface area contributed by atoms with Crippen molar-refractivity contribution in [2.75, 3.05) is 19.3 Å². The van der Waals surface area contributed by atoms with Gasteiger partial charge in [-0.15, -0.1) is 35.7 Å². The number of rotatable bonds is 8. The standard InChI is InChI=1S/C21H25N5S.HI/c1-22-21(24-11-13-27-20-8-3-2-4-9-20)25-15-18-6-5-7-19(14-18)16-26-12-10-23-17-26;/h2-10,12,14,17H,11,13,15-16H2,1H3,(H2,22,24,25);1H. The van der Waals surface area contributed by atoms with Crippen LogP contribution in [0.25, 0.3) is 0 Å². The van der Waals surface area contributed by atoms with E-state index < -0.39 is 0 Å². The van der Waals surface area contributed by atoms with E-state index in [1.165, 1.54) is 16.0 Å². The van der Waals surface area contributed by atoms with E-state index in [1.54, 1.807) is 13.2 Å². The fourth-order valence-electron chi connectivity index (χ4n) is 2.69. The smallest absolute Gasteiger partial charge is 0.191 e. The zero-order valence-electron chi connectivity index (χ0n) is 15.9. The third-order valence-corrected chi connectivity index (χ3v) is 5.02. The van der Waals surface area contributed by atoms with Gasteiger partial charge in [0.25, 0.3) is 0 Å². The van der Waals surface area contributed by atoms with E-state index >= 15 is 0 Å². The highest BCUT2D eigenvalue weighted by atomic mass is 127. The van der Waals surface area contributed by atoms with Crippen LogP contribution in [0.15, 0.2) is 83.2 Å². The van der Waals surface area contributed by atoms with E-state index in [-0.39, 0.29) is 24.0 Å². The molecule has 0 amide bonds. The summed E-state index contributed by atoms with van der Waals surface area (Å²) in [4.78, 5) is 9.68. The molecule has 28 heavy (non-hydrogen) atoms. The van der Waals surface area contributed by atoms with Crippen LogP contribution in [0, 0.1) is 0 Å². The molecule has 5 nitrogen and oxygen atoms in total. The van der Waals surface area contributed by atoms with E-state index in [9.17, 15) is 0 Å². The molecule has 0 spiro atoms. The van der Waals surface area contributed by atoms with Crippen LogP contribution in [0.1, 0.15) is 11.1 Å². The van der Waals surface area contributed by atoms with Crippen molar-refractivity contribution < 1.29 is 0 Å². The van der Waals surface area contributed by atoms with Crippen LogP contribution in [0.3, 0.4) is 0 Å². The third kappa shape index (κ3) is 7.55. The highest BCUT2D eigenvalue weighted by Gasteiger charge is 2.01. The summed E-state index contributed by atoms with van der Waals surface area (Å²) in [7, 11) is 1.80. The Bertz CT molecular complexity index is 837. The molecule has 0 atom stereocenters. The summed E-state index contributed by atoms with van der Waals surface area (Å²) in [6.45, 7) is 2.43. The minimum atomic E-state index is 0. The van der Waals surface area contributed by atoms with Gasteiger partial charge in [-0.3, -0.25) is 4.99 Å². The number of hydrogen-bond acceptors (Lipinski definition) is 3. The summed E-state index contributed by atoms with van der Waals surface area (Å²) in [5, 5.41) is 6.75. The molecule has 7 heteroatoms. The average Bonchev–Trinajstić information content (AvgIpc) is 3.21. The second kappa shape index (κ2) is 12.5. The van der Waals surface area contributed by atoms with Gasteiger partial charge in [0, 0.05) is 49.7 Å². The highest BCUT2D eigenvalue weighted by Crippen LogP contribution is 2.15. The van der Waals surface area contributed by atoms with Crippen LogP contribution in [-0.4, -0.2) is 34.9 Å². The maximum absolute atomic E-state index is 4.30. The van der Waals surface area contributed by atoms with Crippen molar-refractivity contribution in [2.24, 2.45) is 4.99 Å². The summed E-state index contributed by atoms with van der Waals surface area (Å²) in [5.74, 6) is 1.81. The molecule has 0 aliphatic rings. The number of benzene rings is 2. The summed E-state index contributed by atoms with van der Waals surface area (Å²) >= 11 is 1.84. The predicted octanol–water partition coefficient (Wildman–Crippen LogP) is 4.01. The van der Waals surface area contributed by atoms with Crippen LogP contribution < -0.4 is 10.6 Å². The average molecular weight is 507 g/mol. The molecule has 1 aromatic heterocycles. The minimum Gasteiger partial charge on any atom is -0.356 e. The molecule has 0 radical (unpaired) electrons. The summed E-state index contributed by atoms with van der Waals surface area (Å²) < 4.78 is 2.07. The molecular weight excluding hydrogens is 481 g/mol. The van der Waals surface area contributed by atoms with Crippen molar-refractivity contribution in [3.05, 3.63) is 84.4 Å². The highest BCUT2D eigenvalue weighted by molar-refractivity contribution is 14.0. The predicted molar refractivity (Wildman–Crippen MR) is 129 cm³/mol. The molecule has 3 rings (SSSR count). The first-order valence-electron chi connectivity index (χ1n) is 8.99. The molecule has 0 aliphatic heterocycles. The molecule has 3 aromatic rings. The molecule has 0 aliphatic carbocycles. The van der Waals surface area contributed by atoms with Crippen molar-refractivity contribution in [3.8, 4) is 0 Å². The maximum atomic E-state index is 4.30. The number of thioether (sulfide) groups is 1. The number of nitrogens with one attached hydrogen (secondary N) is 2. The van der Waals surface area contributed by atoms with Gasteiger partial charge in [-0.2, -0.15) is 0 Å². The third-order valence-electron chi connectivity index (χ3n) is 4.01. The fraction of sp³-hybridized carbons (Fsp3) is 0.238. The van der Waals surface area contributed by atoms with E-state index in [4.69, 9.17) is 0 Å². The van der Waals surface area contributed by atoms with Crippen LogP contribution in [-0.2, 0) is 13.1 Å². The summed E-state index contributed by atoms with van der Waals surface area (Å²) in [6, 6.07) is 19.0. The quantitative estimate of drug-likeness (QED) is 0.159. The van der Waals surface area contributed by atoms with E-state index in [2.05, 4.69) is 73.7 Å². The van der Waals surface area contributed by atoms with Crippen molar-refractivity contribution in [1.29, 1.82) is 0 Å². The van der Waals surface area contributed by atoms with Crippen LogP contribution in [0.2, 0.25) is 0 Å². The van der Waals surface area contributed by atoms with Gasteiger partial charge in [-0.1, -0.05) is 42.5 Å². The largest absolute Gasteiger partial charge is 0.356 e. The van der Waals surface area contributed by atoms with Gasteiger partial charge in [0.1, 0.15) is 0 Å². The Morgan fingerprint density at radius 2 is 1.89 bits per heavy atom. The van der Waals surface area contributed by atoms with Crippen molar-refractivity contribution >= 4 is 41.7 Å². The lowest BCUT2D eigenvalue weighted by atomic mass is 10.1. The maximum Gasteiger partial charge on any atom is 0.191 e. The Morgan fingerprint density at radius 1 is 1.07 bits per heavy atom. The first-order valence-corrected chi connectivity index (χ1v) is 9.98. The van der Waals surface area contributed by atoms with Crippen LogP contribution in [0.4, 0.5) is 0 Å². The first-order chi connectivity index (χ1) is 13.3. The zero-order valence-corrected chi connectivity index (χ0v) is 19.1. The van der Waals surface area contributed by atoms with Gasteiger partial charge < -0.3 is 15.2 Å². The second-order valence-corrected chi connectivity index (χ2v) is 7.24. The van der Waals surface area contributed by atoms with Crippen LogP contribution >= 0.6 is 35.7 Å². The molecule has 2 aromatic carbocycles. The monoisotopic (exact) mass is 507 g/mol. The van der Waals surface area contributed by atoms with Gasteiger partial charge >= 0.3 is 0 Å². The van der Waals surface area contributed by atoms with Gasteiger partial charge in [-0.05, 0) is 23.3 Å². The Labute approximate surface area is 188 Å². The van der Waals surface area contributed by atoms with Crippen molar-refractivity contribution in [3.63, 3.8) is 0 Å². The normalized spacial score (nSPS) is 11.0. The molecule has 0 bridgehead atoms. The second-order valence-electron chi connectivity index (χ2n) is 6.07. The number of imidazole rings is 1. The van der Waals surface area contributed by atoms with Gasteiger partial charge in [0.15, 0.2) is 5.96 Å². The number of nitrogens with zero attached hydrogens (tertiary/aromatic N) is 3. The number of aliphatic imine (C=N–C) groups is 1. The summed E-state index contributed by atoms with van der Waals surface area (Å²) in [5.41, 5.74) is 2.49. The number of hydrogen-bond donors (Lipinski definition) is 2. The molecule has 0 saturated heterocycles. The van der Waals surface area contributed by atoms with Gasteiger partial charge in [0.05, 0.1) is 6.33 Å². The minimum absolute atomic E-state index is 0. The lowest BCUT2D eigenvalue weighted by Crippen LogP contribution is -2.37. The molecule has 148 valence electrons. The lowest BCUT2D eigenvalue weighted by molar-refractivity contribution is 0.790. The van der Waals surface area contributed by atoms with Crippen molar-refractivity contribution in [2.45, 2.75) is 18.0 Å². The molecule has 1 heterocycles. The molecule has 0 fully saturated rings.